The largest absolute Gasteiger partial charge is 0.451 e. The molecule has 0 spiro atoms. The van der Waals surface area contributed by atoms with Crippen LogP contribution in [0.15, 0.2) is 28.7 Å². The first kappa shape index (κ1) is 17.3. The number of hydrogen-bond acceptors (Lipinski definition) is 3. The van der Waals surface area contributed by atoms with Crippen molar-refractivity contribution >= 4 is 22.8 Å². The Morgan fingerprint density at radius 3 is 2.72 bits per heavy atom. The summed E-state index contributed by atoms with van der Waals surface area (Å²) in [5.74, 6) is -1.15. The zero-order chi connectivity index (χ0) is 18.2. The molecule has 2 heterocycles. The Balaban J connectivity index is 1.80. The summed E-state index contributed by atoms with van der Waals surface area (Å²) in [6.07, 6.45) is -3.61. The molecule has 134 valence electrons. The third-order valence-electron chi connectivity index (χ3n) is 4.32. The van der Waals surface area contributed by atoms with Gasteiger partial charge in [-0.2, -0.15) is 13.2 Å². The molecule has 25 heavy (non-hydrogen) atoms. The van der Waals surface area contributed by atoms with E-state index < -0.39 is 30.6 Å². The van der Waals surface area contributed by atoms with Crippen LogP contribution in [0.5, 0.6) is 0 Å². The predicted molar refractivity (Wildman–Crippen MR) is 84.1 cm³/mol. The third kappa shape index (κ3) is 3.47. The standard InChI is InChI=1S/C17H17F3N2O3/c1-10-11-5-2-3-7-13(11)25-14(10)16(24)22-8-4-6-12(22)15(23)21-9-17(18,19)20/h2-3,5,7,12H,4,6,8-9H2,1H3,(H,21,23)/t12-/m1/s1. The van der Waals surface area contributed by atoms with Gasteiger partial charge >= 0.3 is 6.18 Å². The number of alkyl halides is 3. The number of furan rings is 1. The van der Waals surface area contributed by atoms with Crippen LogP contribution in [0.25, 0.3) is 11.0 Å². The Morgan fingerprint density at radius 1 is 1.32 bits per heavy atom. The molecule has 8 heteroatoms. The van der Waals surface area contributed by atoms with Crippen LogP contribution in [-0.2, 0) is 4.79 Å². The predicted octanol–water partition coefficient (Wildman–Crippen LogP) is 3.02. The molecule has 0 radical (unpaired) electrons. The van der Waals surface area contributed by atoms with Gasteiger partial charge in [-0.25, -0.2) is 0 Å². The van der Waals surface area contributed by atoms with Crippen molar-refractivity contribution in [1.29, 1.82) is 0 Å². The van der Waals surface area contributed by atoms with E-state index in [2.05, 4.69) is 0 Å². The number of likely N-dealkylation sites (tertiary alicyclic amines) is 1. The second kappa shape index (κ2) is 6.42. The zero-order valence-electron chi connectivity index (χ0n) is 13.5. The molecule has 3 rings (SSSR count). The van der Waals surface area contributed by atoms with Gasteiger partial charge in [0.05, 0.1) is 0 Å². The van der Waals surface area contributed by atoms with Gasteiger partial charge in [0.25, 0.3) is 5.91 Å². The van der Waals surface area contributed by atoms with Gasteiger partial charge in [-0.15, -0.1) is 0 Å². The molecular weight excluding hydrogens is 337 g/mol. The van der Waals surface area contributed by atoms with Gasteiger partial charge in [-0.1, -0.05) is 18.2 Å². The molecule has 1 aromatic heterocycles. The minimum absolute atomic E-state index is 0.122. The average molecular weight is 354 g/mol. The summed E-state index contributed by atoms with van der Waals surface area (Å²) in [6, 6.07) is 6.24. The number of rotatable bonds is 3. The van der Waals surface area contributed by atoms with E-state index in [4.69, 9.17) is 4.42 Å². The maximum atomic E-state index is 12.8. The number of amides is 2. The number of nitrogens with one attached hydrogen (secondary N) is 1. The number of halogens is 3. The minimum Gasteiger partial charge on any atom is -0.451 e. The second-order valence-electron chi connectivity index (χ2n) is 6.04. The molecule has 1 saturated heterocycles. The molecular formula is C17H17F3N2O3. The van der Waals surface area contributed by atoms with Crippen molar-refractivity contribution in [3.8, 4) is 0 Å². The molecule has 1 N–H and O–H groups in total. The van der Waals surface area contributed by atoms with Crippen LogP contribution in [0.3, 0.4) is 0 Å². The number of carbonyl (C=O) groups is 2. The smallest absolute Gasteiger partial charge is 0.405 e. The maximum absolute atomic E-state index is 12.8. The van der Waals surface area contributed by atoms with Crippen molar-refractivity contribution in [2.75, 3.05) is 13.1 Å². The van der Waals surface area contributed by atoms with E-state index in [1.165, 1.54) is 4.90 Å². The summed E-state index contributed by atoms with van der Waals surface area (Å²) < 4.78 is 42.5. The van der Waals surface area contributed by atoms with Crippen LogP contribution >= 0.6 is 0 Å². The molecule has 0 aliphatic carbocycles. The van der Waals surface area contributed by atoms with Crippen LogP contribution in [0.4, 0.5) is 13.2 Å². The highest BCUT2D eigenvalue weighted by atomic mass is 19.4. The topological polar surface area (TPSA) is 62.6 Å². The van der Waals surface area contributed by atoms with E-state index in [9.17, 15) is 22.8 Å². The molecule has 0 saturated carbocycles. The van der Waals surface area contributed by atoms with Crippen molar-refractivity contribution in [3.63, 3.8) is 0 Å². The van der Waals surface area contributed by atoms with Crippen LogP contribution in [0.2, 0.25) is 0 Å². The van der Waals surface area contributed by atoms with E-state index in [1.807, 2.05) is 17.4 Å². The average Bonchev–Trinajstić information content (AvgIpc) is 3.17. The lowest BCUT2D eigenvalue weighted by atomic mass is 10.1. The number of para-hydroxylation sites is 1. The van der Waals surface area contributed by atoms with Crippen LogP contribution < -0.4 is 5.32 Å². The molecule has 5 nitrogen and oxygen atoms in total. The van der Waals surface area contributed by atoms with Crippen molar-refractivity contribution in [1.82, 2.24) is 10.2 Å². The SMILES string of the molecule is Cc1c(C(=O)N2CCC[C@@H]2C(=O)NCC(F)(F)F)oc2ccccc12. The fourth-order valence-electron chi connectivity index (χ4n) is 3.10. The first-order valence-corrected chi connectivity index (χ1v) is 7.91. The number of hydrogen-bond donors (Lipinski definition) is 1. The number of nitrogens with zero attached hydrogens (tertiary/aromatic N) is 1. The van der Waals surface area contributed by atoms with Crippen molar-refractivity contribution in [2.24, 2.45) is 0 Å². The molecule has 1 aliphatic rings. The lowest BCUT2D eigenvalue weighted by molar-refractivity contribution is -0.140. The summed E-state index contributed by atoms with van der Waals surface area (Å²) in [4.78, 5) is 26.1. The van der Waals surface area contributed by atoms with Crippen LogP contribution in [-0.4, -0.2) is 42.0 Å². The van der Waals surface area contributed by atoms with Crippen molar-refractivity contribution < 1.29 is 27.2 Å². The monoisotopic (exact) mass is 354 g/mol. The van der Waals surface area contributed by atoms with Crippen LogP contribution in [0, 0.1) is 6.92 Å². The highest BCUT2D eigenvalue weighted by molar-refractivity contribution is 6.01. The molecule has 1 aromatic carbocycles. The Hall–Kier alpha value is -2.51. The van der Waals surface area contributed by atoms with E-state index in [1.54, 1.807) is 19.1 Å². The number of fused-ring (bicyclic) bond motifs is 1. The van der Waals surface area contributed by atoms with Crippen molar-refractivity contribution in [2.45, 2.75) is 32.0 Å². The summed E-state index contributed by atoms with van der Waals surface area (Å²) in [6.45, 7) is 0.640. The normalized spacial score (nSPS) is 17.9. The fourth-order valence-corrected chi connectivity index (χ4v) is 3.10. The highest BCUT2D eigenvalue weighted by Crippen LogP contribution is 2.28. The first-order valence-electron chi connectivity index (χ1n) is 7.91. The minimum atomic E-state index is -4.49. The molecule has 1 aliphatic heterocycles. The lowest BCUT2D eigenvalue weighted by Crippen LogP contribution is -2.48. The Morgan fingerprint density at radius 2 is 2.04 bits per heavy atom. The van der Waals surface area contributed by atoms with Gasteiger partial charge < -0.3 is 14.6 Å². The van der Waals surface area contributed by atoms with E-state index >= 15 is 0 Å². The molecule has 1 atom stereocenters. The number of benzene rings is 1. The highest BCUT2D eigenvalue weighted by Gasteiger charge is 2.38. The van der Waals surface area contributed by atoms with Gasteiger partial charge in [0.2, 0.25) is 5.91 Å². The summed E-state index contributed by atoms with van der Waals surface area (Å²) in [7, 11) is 0. The maximum Gasteiger partial charge on any atom is 0.405 e. The second-order valence-corrected chi connectivity index (χ2v) is 6.04. The summed E-state index contributed by atoms with van der Waals surface area (Å²) in [5.41, 5.74) is 1.21. The number of aryl methyl sites for hydroxylation is 1. The van der Waals surface area contributed by atoms with Gasteiger partial charge in [0, 0.05) is 17.5 Å². The molecule has 2 aromatic rings. The zero-order valence-corrected chi connectivity index (χ0v) is 13.5. The van der Waals surface area contributed by atoms with Gasteiger partial charge in [-0.05, 0) is 25.8 Å². The van der Waals surface area contributed by atoms with Crippen LogP contribution in [0.1, 0.15) is 29.0 Å². The quantitative estimate of drug-likeness (QED) is 0.922. The van der Waals surface area contributed by atoms with Gasteiger partial charge in [0.1, 0.15) is 18.2 Å². The van der Waals surface area contributed by atoms with Gasteiger partial charge in [-0.3, -0.25) is 9.59 Å². The summed E-state index contributed by atoms with van der Waals surface area (Å²) in [5, 5.41) is 2.65. The van der Waals surface area contributed by atoms with E-state index in [0.717, 1.165) is 5.39 Å². The molecule has 0 bridgehead atoms. The summed E-state index contributed by atoms with van der Waals surface area (Å²) >= 11 is 0. The van der Waals surface area contributed by atoms with Gasteiger partial charge in [0.15, 0.2) is 5.76 Å². The molecule has 1 fully saturated rings. The Labute approximate surface area is 141 Å². The Kier molecular flexibility index (Phi) is 4.45. The lowest BCUT2D eigenvalue weighted by Gasteiger charge is -2.23. The first-order chi connectivity index (χ1) is 11.8. The number of carbonyl (C=O) groups excluding carboxylic acids is 2. The third-order valence-corrected chi connectivity index (χ3v) is 4.32. The van der Waals surface area contributed by atoms with E-state index in [0.29, 0.717) is 30.5 Å². The van der Waals surface area contributed by atoms with Crippen molar-refractivity contribution in [3.05, 3.63) is 35.6 Å². The molecule has 0 unspecified atom stereocenters. The Bertz CT molecular complexity index is 813. The molecule has 2 amide bonds. The van der Waals surface area contributed by atoms with E-state index in [-0.39, 0.29) is 5.76 Å². The fraction of sp³-hybridized carbons (Fsp3) is 0.412.